The quantitative estimate of drug-likeness (QED) is 0.381. The molecule has 24 valence electrons. The van der Waals surface area contributed by atoms with Gasteiger partial charge in [0, 0.05) is 0 Å². The van der Waals surface area contributed by atoms with Crippen molar-refractivity contribution in [1.82, 2.24) is 0 Å². The van der Waals surface area contributed by atoms with Crippen LogP contribution in [0.1, 0.15) is 0 Å². The van der Waals surface area contributed by atoms with Crippen molar-refractivity contribution in [2.24, 2.45) is 0 Å². The first-order valence-electron chi connectivity index (χ1n) is 0.707. The molecule has 0 spiro atoms. The van der Waals surface area contributed by atoms with Gasteiger partial charge in [0.25, 0.3) is 0 Å². The molecule has 0 saturated carbocycles. The molecule has 0 heterocycles. The smallest absolute Gasteiger partial charge is 0.907 e. The van der Waals surface area contributed by atoms with Crippen molar-refractivity contribution < 1.29 is 80.2 Å². The second kappa shape index (κ2) is 10.2. The second-order valence-corrected chi connectivity index (χ2v) is 0.289. The van der Waals surface area contributed by atoms with Crippen molar-refractivity contribution in [3.05, 3.63) is 0 Å². The fourth-order valence-corrected chi connectivity index (χ4v) is 0. The van der Waals surface area contributed by atoms with E-state index < -0.39 is 7.32 Å². The Bertz CT molecular complexity index is 15.5. The minimum Gasteiger partial charge on any atom is -0.907 e. The zero-order valence-electron chi connectivity index (χ0n) is 3.38. The van der Waals surface area contributed by atoms with E-state index in [1.807, 2.05) is 0 Å². The molecule has 0 aromatic rings. The van der Waals surface area contributed by atoms with E-state index in [0.29, 0.717) is 0 Å². The Kier molecular flexibility index (Phi) is 26.7. The maximum Gasteiger partial charge on any atom is 3.00 e. The summed E-state index contributed by atoms with van der Waals surface area (Å²) >= 11 is 0. The third-order valence-electron chi connectivity index (χ3n) is 0. The van der Waals surface area contributed by atoms with Crippen LogP contribution in [0, 0.1) is 35.6 Å². The summed E-state index contributed by atoms with van der Waals surface area (Å²) in [6, 6.07) is 0. The van der Waals surface area contributed by atoms with Crippen LogP contribution >= 0.6 is 0 Å². The average molecular weight is 221 g/mol. The summed E-state index contributed by atoms with van der Waals surface area (Å²) in [7, 11) is -2.92. The molecule has 0 unspecified atom stereocenters. The van der Waals surface area contributed by atoms with E-state index in [0.717, 1.165) is 0 Å². The molecule has 6 heavy (non-hydrogen) atoms. The van der Waals surface area contributed by atoms with Crippen LogP contribution in [0.3, 0.4) is 0 Å². The van der Waals surface area contributed by atoms with Crippen LogP contribution in [0.25, 0.3) is 0 Å². The third-order valence-corrected chi connectivity index (χ3v) is 0. The summed E-state index contributed by atoms with van der Waals surface area (Å²) in [5, 5.41) is 25.2. The number of rotatable bonds is 0. The van der Waals surface area contributed by atoms with Crippen molar-refractivity contribution in [2.45, 2.75) is 0 Å². The molecule has 0 amide bonds. The molecule has 0 atom stereocenters. The molecule has 0 aliphatic heterocycles. The van der Waals surface area contributed by atoms with Gasteiger partial charge in [0.05, 0.1) is 0 Å². The maximum atomic E-state index is 8.42. The summed E-state index contributed by atoms with van der Waals surface area (Å²) < 4.78 is 0. The van der Waals surface area contributed by atoms with Gasteiger partial charge in [-0.25, -0.2) is 0 Å². The summed E-state index contributed by atoms with van der Waals surface area (Å²) in [5.41, 5.74) is 0. The third kappa shape index (κ3) is 35.4. The first-order valence-corrected chi connectivity index (χ1v) is 0.707. The summed E-state index contributed by atoms with van der Waals surface area (Å²) in [5.74, 6) is 0. The van der Waals surface area contributed by atoms with E-state index in [1.165, 1.54) is 0 Å². The van der Waals surface area contributed by atoms with Gasteiger partial charge in [0.15, 0.2) is 0 Å². The normalized spacial score (nSPS) is 4.50. The van der Waals surface area contributed by atoms with Crippen LogP contribution < -0.4 is 44.6 Å². The molecular weight excluding hydrogens is 221 g/mol. The van der Waals surface area contributed by atoms with Crippen LogP contribution in [0.5, 0.6) is 0 Å². The van der Waals surface area contributed by atoms with Crippen molar-refractivity contribution in [3.8, 4) is 0 Å². The van der Waals surface area contributed by atoms with E-state index in [4.69, 9.17) is 15.1 Å². The minimum atomic E-state index is -2.92. The van der Waals surface area contributed by atoms with Gasteiger partial charge in [0.1, 0.15) is 0 Å². The first-order chi connectivity index (χ1) is 1.73. The molecule has 0 aromatic carbocycles. The van der Waals surface area contributed by atoms with Crippen LogP contribution in [0.4, 0.5) is 0 Å². The molecule has 0 aliphatic carbocycles. The van der Waals surface area contributed by atoms with Crippen molar-refractivity contribution in [1.29, 1.82) is 0 Å². The molecule has 0 bridgehead atoms. The molecule has 0 N–H and O–H groups in total. The Hall–Kier alpha value is 2.14. The van der Waals surface area contributed by atoms with Crippen LogP contribution in [-0.2, 0) is 0 Å². The molecule has 0 aliphatic rings. The van der Waals surface area contributed by atoms with E-state index in [-0.39, 0.29) is 65.2 Å². The first kappa shape index (κ1) is 15.7. The second-order valence-electron chi connectivity index (χ2n) is 0.289. The fourth-order valence-electron chi connectivity index (χ4n) is 0. The van der Waals surface area contributed by atoms with Gasteiger partial charge in [-0.1, -0.05) is 0 Å². The van der Waals surface area contributed by atoms with E-state index in [1.54, 1.807) is 0 Å². The summed E-state index contributed by atoms with van der Waals surface area (Å²) in [4.78, 5) is 0. The maximum absolute atomic E-state index is 8.42. The molecule has 0 fully saturated rings. The van der Waals surface area contributed by atoms with Crippen LogP contribution in [0.15, 0.2) is 0 Å². The SMILES string of the molecule is [La+3].[Na+].[O-]B([O-])[O-]. The predicted molar refractivity (Wildman–Crippen MR) is 5.75 cm³/mol. The largest absolute Gasteiger partial charge is 3.00 e. The van der Waals surface area contributed by atoms with Gasteiger partial charge >= 0.3 is 65.2 Å². The average Bonchev–Trinajstić information content (AvgIpc) is 0.811. The van der Waals surface area contributed by atoms with Crippen LogP contribution in [-0.4, -0.2) is 7.32 Å². The predicted octanol–water partition coefficient (Wildman–Crippen LogP) is -6.94. The van der Waals surface area contributed by atoms with Gasteiger partial charge in [-0.15, -0.1) is 0 Å². The Labute approximate surface area is 86.2 Å². The molecule has 0 saturated heterocycles. The Morgan fingerprint density at radius 3 is 1.00 bits per heavy atom. The van der Waals surface area contributed by atoms with Gasteiger partial charge < -0.3 is 15.1 Å². The molecule has 0 rings (SSSR count). The van der Waals surface area contributed by atoms with E-state index in [2.05, 4.69) is 0 Å². The van der Waals surface area contributed by atoms with Gasteiger partial charge in [-0.2, -0.15) is 0 Å². The number of hydrogen-bond acceptors (Lipinski definition) is 3. The van der Waals surface area contributed by atoms with Crippen LogP contribution in [0.2, 0.25) is 0 Å². The summed E-state index contributed by atoms with van der Waals surface area (Å²) in [6.45, 7) is 0. The van der Waals surface area contributed by atoms with Crippen molar-refractivity contribution in [2.75, 3.05) is 0 Å². The molecule has 0 aromatic heterocycles. The molecule has 6 heteroatoms. The minimum absolute atomic E-state index is 0. The Balaban J connectivity index is -0.0000000450. The van der Waals surface area contributed by atoms with Crippen molar-refractivity contribution in [3.63, 3.8) is 0 Å². The Morgan fingerprint density at radius 2 is 1.00 bits per heavy atom. The fraction of sp³-hybridized carbons (Fsp3) is 0. The van der Waals surface area contributed by atoms with Gasteiger partial charge in [-0.05, 0) is 0 Å². The monoisotopic (exact) mass is 221 g/mol. The van der Waals surface area contributed by atoms with Crippen molar-refractivity contribution >= 4 is 7.32 Å². The van der Waals surface area contributed by atoms with E-state index in [9.17, 15) is 0 Å². The number of hydrogen-bond donors (Lipinski definition) is 0. The Morgan fingerprint density at radius 1 is 1.00 bits per heavy atom. The zero-order valence-corrected chi connectivity index (χ0v) is 9.01. The standard InChI is InChI=1S/BO3.La.Na/c2-1(3)4;;/q-3;+3;+1. The van der Waals surface area contributed by atoms with Gasteiger partial charge in [-0.3, -0.25) is 7.32 Å². The molecule has 3 nitrogen and oxygen atoms in total. The van der Waals surface area contributed by atoms with Gasteiger partial charge in [0.2, 0.25) is 0 Å². The van der Waals surface area contributed by atoms with E-state index >= 15 is 0 Å². The topological polar surface area (TPSA) is 69.2 Å². The zero-order chi connectivity index (χ0) is 3.58. The summed E-state index contributed by atoms with van der Waals surface area (Å²) in [6.07, 6.45) is 0. The molecule has 0 radical (unpaired) electrons. The molecular formula is BLaNaO3+.